The summed E-state index contributed by atoms with van der Waals surface area (Å²) in [5, 5.41) is 16.1. The molecular weight excluding hydrogens is 442 g/mol. The van der Waals surface area contributed by atoms with E-state index in [4.69, 9.17) is 0 Å². The molecule has 0 bridgehead atoms. The zero-order chi connectivity index (χ0) is 22.8. The van der Waals surface area contributed by atoms with Gasteiger partial charge < -0.3 is 10.0 Å². The second-order valence-corrected chi connectivity index (χ2v) is 10.6. The molecule has 170 valence electrons. The molecule has 2 aliphatic rings. The number of aromatic hydroxyl groups is 1. The SMILES string of the molecule is CCCCCCc1c(O)c(-c2cccs2)c(-c2cccs2)c2c1C=C1C=CC=CC1N2CC. The van der Waals surface area contributed by atoms with Crippen molar-refractivity contribution >= 4 is 34.4 Å². The molecule has 1 aliphatic heterocycles. The number of nitrogens with zero attached hydrogens (tertiary/aromatic N) is 1. The number of phenols is 1. The van der Waals surface area contributed by atoms with Gasteiger partial charge in [0.2, 0.25) is 0 Å². The zero-order valence-electron chi connectivity index (χ0n) is 19.4. The van der Waals surface area contributed by atoms with Crippen molar-refractivity contribution in [3.63, 3.8) is 0 Å². The highest BCUT2D eigenvalue weighted by Gasteiger charge is 2.34. The summed E-state index contributed by atoms with van der Waals surface area (Å²) >= 11 is 3.47. The second kappa shape index (κ2) is 9.74. The molecule has 1 aromatic carbocycles. The van der Waals surface area contributed by atoms with Gasteiger partial charge in [0.25, 0.3) is 0 Å². The normalized spacial score (nSPS) is 16.6. The monoisotopic (exact) mass is 473 g/mol. The first-order valence-electron chi connectivity index (χ1n) is 12.1. The number of allylic oxidation sites excluding steroid dienone is 2. The quantitative estimate of drug-likeness (QED) is 0.331. The highest BCUT2D eigenvalue weighted by Crippen LogP contribution is 2.54. The Bertz CT molecular complexity index is 1200. The van der Waals surface area contributed by atoms with E-state index in [1.54, 1.807) is 22.7 Å². The van der Waals surface area contributed by atoms with Gasteiger partial charge in [0.15, 0.2) is 0 Å². The lowest BCUT2D eigenvalue weighted by Gasteiger charge is -2.40. The number of likely N-dealkylation sites (N-methyl/N-ethyl adjacent to an activating group) is 1. The van der Waals surface area contributed by atoms with Crippen molar-refractivity contribution in [2.24, 2.45) is 0 Å². The average molecular weight is 474 g/mol. The van der Waals surface area contributed by atoms with E-state index >= 15 is 0 Å². The first kappa shape index (κ1) is 22.2. The summed E-state index contributed by atoms with van der Waals surface area (Å²) in [6.07, 6.45) is 16.8. The minimum atomic E-state index is 0.236. The van der Waals surface area contributed by atoms with E-state index in [1.165, 1.54) is 46.5 Å². The molecule has 0 amide bonds. The summed E-state index contributed by atoms with van der Waals surface area (Å²) in [6, 6.07) is 8.78. The van der Waals surface area contributed by atoms with Gasteiger partial charge in [-0.15, -0.1) is 22.7 Å². The van der Waals surface area contributed by atoms with Gasteiger partial charge in [-0.05, 0) is 54.3 Å². The van der Waals surface area contributed by atoms with E-state index < -0.39 is 0 Å². The lowest BCUT2D eigenvalue weighted by Crippen LogP contribution is -2.38. The summed E-state index contributed by atoms with van der Waals surface area (Å²) in [5.41, 5.74) is 7.08. The Hall–Kier alpha value is -2.56. The summed E-state index contributed by atoms with van der Waals surface area (Å²) in [7, 11) is 0. The van der Waals surface area contributed by atoms with Crippen molar-refractivity contribution in [3.8, 4) is 26.6 Å². The predicted molar refractivity (Wildman–Crippen MR) is 146 cm³/mol. The van der Waals surface area contributed by atoms with Crippen molar-refractivity contribution in [3.05, 3.63) is 76.0 Å². The van der Waals surface area contributed by atoms with Gasteiger partial charge in [-0.1, -0.05) is 62.6 Å². The number of unbranched alkanes of at least 4 members (excludes halogenated alkanes) is 3. The highest BCUT2D eigenvalue weighted by molar-refractivity contribution is 7.14. The van der Waals surface area contributed by atoms with E-state index in [1.807, 2.05) is 0 Å². The minimum Gasteiger partial charge on any atom is -0.507 e. The molecule has 2 aromatic heterocycles. The van der Waals surface area contributed by atoms with E-state index in [2.05, 4.69) is 84.2 Å². The van der Waals surface area contributed by atoms with Crippen LogP contribution in [0.1, 0.15) is 50.7 Å². The maximum absolute atomic E-state index is 11.8. The smallest absolute Gasteiger partial charge is 0.128 e. The summed E-state index contributed by atoms with van der Waals surface area (Å²) in [4.78, 5) is 4.89. The number of benzene rings is 1. The Morgan fingerprint density at radius 2 is 1.70 bits per heavy atom. The number of phenolic OH excluding ortho intramolecular Hbond substituents is 1. The molecule has 1 aliphatic carbocycles. The second-order valence-electron chi connectivity index (χ2n) is 8.72. The first-order chi connectivity index (χ1) is 16.2. The highest BCUT2D eigenvalue weighted by atomic mass is 32.1. The number of fused-ring (bicyclic) bond motifs is 2. The minimum absolute atomic E-state index is 0.236. The zero-order valence-corrected chi connectivity index (χ0v) is 21.0. The van der Waals surface area contributed by atoms with Crippen LogP contribution in [0.15, 0.2) is 64.9 Å². The molecule has 2 nitrogen and oxygen atoms in total. The van der Waals surface area contributed by atoms with E-state index in [9.17, 15) is 5.11 Å². The van der Waals surface area contributed by atoms with Crippen LogP contribution >= 0.6 is 22.7 Å². The maximum atomic E-state index is 11.8. The summed E-state index contributed by atoms with van der Waals surface area (Å²) < 4.78 is 0. The number of thiophene rings is 2. The Labute approximate surface area is 205 Å². The standard InChI is InChI=1S/C29H31NOS2/c1-3-5-6-7-13-21-22-19-20-12-8-9-14-23(20)30(4-2)28(22)26(24-15-10-17-32-24)27(29(21)31)25-16-11-18-33-25/h8-12,14-19,23,31H,3-7,13H2,1-2H3. The van der Waals surface area contributed by atoms with Crippen LogP contribution in [0.5, 0.6) is 5.75 Å². The lowest BCUT2D eigenvalue weighted by molar-refractivity contribution is 0.468. The number of hydrogen-bond acceptors (Lipinski definition) is 4. The van der Waals surface area contributed by atoms with Gasteiger partial charge in [-0.25, -0.2) is 0 Å². The molecule has 3 heterocycles. The molecule has 0 spiro atoms. The number of hydrogen-bond donors (Lipinski definition) is 1. The van der Waals surface area contributed by atoms with Gasteiger partial charge in [0, 0.05) is 38.6 Å². The first-order valence-corrected chi connectivity index (χ1v) is 13.8. The Morgan fingerprint density at radius 3 is 2.36 bits per heavy atom. The molecule has 5 rings (SSSR count). The molecule has 33 heavy (non-hydrogen) atoms. The van der Waals surface area contributed by atoms with Crippen LogP contribution < -0.4 is 4.90 Å². The van der Waals surface area contributed by atoms with Gasteiger partial charge >= 0.3 is 0 Å². The third-order valence-electron chi connectivity index (χ3n) is 6.71. The van der Waals surface area contributed by atoms with Crippen LogP contribution in [0, 0.1) is 0 Å². The van der Waals surface area contributed by atoms with E-state index in [0.29, 0.717) is 5.75 Å². The van der Waals surface area contributed by atoms with Crippen molar-refractivity contribution in [1.82, 2.24) is 0 Å². The van der Waals surface area contributed by atoms with Crippen LogP contribution in [0.25, 0.3) is 27.0 Å². The van der Waals surface area contributed by atoms with Crippen LogP contribution in [0.3, 0.4) is 0 Å². The summed E-state index contributed by atoms with van der Waals surface area (Å²) in [5.74, 6) is 0.470. The Balaban J connectivity index is 1.82. The fraction of sp³-hybridized carbons (Fsp3) is 0.310. The third-order valence-corrected chi connectivity index (χ3v) is 8.49. The molecule has 0 saturated carbocycles. The Kier molecular flexibility index (Phi) is 6.57. The molecule has 1 atom stereocenters. The van der Waals surface area contributed by atoms with Crippen molar-refractivity contribution in [1.29, 1.82) is 0 Å². The molecule has 3 aromatic rings. The van der Waals surface area contributed by atoms with Crippen LogP contribution in [-0.2, 0) is 6.42 Å². The van der Waals surface area contributed by atoms with Crippen LogP contribution in [0.4, 0.5) is 5.69 Å². The average Bonchev–Trinajstić information content (AvgIpc) is 3.55. The molecule has 0 saturated heterocycles. The predicted octanol–water partition coefficient (Wildman–Crippen LogP) is 8.69. The molecule has 4 heteroatoms. The van der Waals surface area contributed by atoms with Crippen molar-refractivity contribution in [2.75, 3.05) is 11.4 Å². The van der Waals surface area contributed by atoms with Gasteiger partial charge in [-0.2, -0.15) is 0 Å². The largest absolute Gasteiger partial charge is 0.507 e. The van der Waals surface area contributed by atoms with Crippen LogP contribution in [-0.4, -0.2) is 17.7 Å². The van der Waals surface area contributed by atoms with Gasteiger partial charge in [0.05, 0.1) is 11.7 Å². The number of rotatable bonds is 8. The molecule has 0 radical (unpaired) electrons. The van der Waals surface area contributed by atoms with Crippen molar-refractivity contribution in [2.45, 2.75) is 52.0 Å². The number of anilines is 1. The van der Waals surface area contributed by atoms with E-state index in [0.717, 1.165) is 35.4 Å². The fourth-order valence-corrected chi connectivity index (χ4v) is 6.73. The molecular formula is C29H31NOS2. The third kappa shape index (κ3) is 4.00. The Morgan fingerprint density at radius 1 is 0.939 bits per heavy atom. The molecule has 1 N–H and O–H groups in total. The topological polar surface area (TPSA) is 23.5 Å². The van der Waals surface area contributed by atoms with Crippen LogP contribution in [0.2, 0.25) is 0 Å². The van der Waals surface area contributed by atoms with Gasteiger partial charge in [0.1, 0.15) is 5.75 Å². The van der Waals surface area contributed by atoms with E-state index in [-0.39, 0.29) is 6.04 Å². The lowest BCUT2D eigenvalue weighted by atomic mass is 9.83. The summed E-state index contributed by atoms with van der Waals surface area (Å²) in [6.45, 7) is 5.40. The van der Waals surface area contributed by atoms with Crippen molar-refractivity contribution < 1.29 is 5.11 Å². The fourth-order valence-electron chi connectivity index (χ4n) is 5.17. The molecule has 0 fully saturated rings. The van der Waals surface area contributed by atoms with Gasteiger partial charge in [-0.3, -0.25) is 0 Å². The maximum Gasteiger partial charge on any atom is 0.128 e. The molecule has 1 unspecified atom stereocenters.